The zero-order chi connectivity index (χ0) is 63.9. The molecule has 89 heavy (non-hydrogen) atoms. The second-order valence-corrected chi connectivity index (χ2v) is 33.3. The van der Waals surface area contributed by atoms with Crippen molar-refractivity contribution >= 4 is 87.2 Å². The van der Waals surface area contributed by atoms with Crippen molar-refractivity contribution < 1.29 is 0 Å². The Balaban J connectivity index is 1.34. The molecule has 0 aliphatic rings. The lowest BCUT2D eigenvalue weighted by molar-refractivity contribution is 0.590. The highest BCUT2D eigenvalue weighted by atomic mass is 15.1. The first-order valence-corrected chi connectivity index (χ1v) is 32.4. The van der Waals surface area contributed by atoms with Crippen LogP contribution in [0.4, 0.5) is 0 Å². The number of aryl methyl sites for hydroxylation is 1. The van der Waals surface area contributed by atoms with Crippen molar-refractivity contribution in [3.63, 3.8) is 0 Å². The van der Waals surface area contributed by atoms with E-state index in [4.69, 9.17) is 0 Å². The molecule has 13 aromatic rings. The van der Waals surface area contributed by atoms with Gasteiger partial charge >= 0.3 is 0 Å². The summed E-state index contributed by atoms with van der Waals surface area (Å²) in [5.41, 5.74) is 21.9. The molecule has 0 spiro atoms. The maximum absolute atomic E-state index is 13.2. The topological polar surface area (TPSA) is 43.5 Å². The molecular formula is C84H91N5. The number of hydrogen-bond donors (Lipinski definition) is 0. The molecule has 0 aliphatic heterocycles. The van der Waals surface area contributed by atoms with Gasteiger partial charge in [0.1, 0.15) is 11.6 Å². The van der Waals surface area contributed by atoms with E-state index in [9.17, 15) is 5.26 Å². The van der Waals surface area contributed by atoms with E-state index >= 15 is 0 Å². The van der Waals surface area contributed by atoms with Gasteiger partial charge in [-0.1, -0.05) is 199 Å². The standard InChI is InChI=1S/C84H91N5/c1-49-23-31-66-57(39-49)58-40-50(78(2,3)4)24-32-67(58)86(66)74-47-75(87-68-33-25-51(79(5,6)7)41-59(68)60-42-52(80(8,9)10)26-34-69(60)87)77(89-72-37-29-55(83(17,18)19)45-63(72)64-46-56(84(20,21)22)30-38-73(64)89)65(48-85)76(74)88-70-35-27-53(81(11,12)13)43-61(70)62-44-54(82(14,15)16)28-36-71(62)88/h23-47H,1-22H3. The van der Waals surface area contributed by atoms with Gasteiger partial charge in [-0.3, -0.25) is 0 Å². The minimum absolute atomic E-state index is 0.0962. The second-order valence-electron chi connectivity index (χ2n) is 33.3. The lowest BCUT2D eigenvalue weighted by atomic mass is 9.85. The van der Waals surface area contributed by atoms with Crippen molar-refractivity contribution in [1.82, 2.24) is 18.3 Å². The van der Waals surface area contributed by atoms with Gasteiger partial charge in [0.25, 0.3) is 0 Å². The Labute approximate surface area is 528 Å². The van der Waals surface area contributed by atoms with Gasteiger partial charge in [-0.05, 0) is 187 Å². The van der Waals surface area contributed by atoms with Gasteiger partial charge < -0.3 is 18.3 Å². The van der Waals surface area contributed by atoms with E-state index in [-0.39, 0.29) is 37.9 Å². The number of hydrogen-bond acceptors (Lipinski definition) is 1. The normalized spacial score (nSPS) is 13.5. The quantitative estimate of drug-likeness (QED) is 0.173. The van der Waals surface area contributed by atoms with Crippen LogP contribution in [0.2, 0.25) is 0 Å². The van der Waals surface area contributed by atoms with E-state index in [1.165, 1.54) is 87.6 Å². The molecule has 4 heterocycles. The van der Waals surface area contributed by atoms with Gasteiger partial charge in [0, 0.05) is 43.1 Å². The maximum atomic E-state index is 13.2. The number of benzene rings is 9. The third kappa shape index (κ3) is 9.61. The Hall–Kier alpha value is -8.33. The highest BCUT2D eigenvalue weighted by Gasteiger charge is 2.34. The first kappa shape index (κ1) is 59.6. The molecule has 0 saturated carbocycles. The van der Waals surface area contributed by atoms with Crippen LogP contribution in [0.3, 0.4) is 0 Å². The van der Waals surface area contributed by atoms with Crippen LogP contribution < -0.4 is 0 Å². The van der Waals surface area contributed by atoms with Crippen LogP contribution in [0.5, 0.6) is 0 Å². The zero-order valence-electron chi connectivity index (χ0n) is 57.2. The minimum atomic E-state index is -0.117. The molecule has 9 aromatic carbocycles. The molecule has 4 aromatic heterocycles. The summed E-state index contributed by atoms with van der Waals surface area (Å²) in [4.78, 5) is 0. The van der Waals surface area contributed by atoms with Crippen LogP contribution in [0.15, 0.2) is 152 Å². The molecule has 5 nitrogen and oxygen atoms in total. The Bertz CT molecular complexity index is 4950. The molecule has 0 bridgehead atoms. The predicted molar refractivity (Wildman–Crippen MR) is 384 cm³/mol. The summed E-state index contributed by atoms with van der Waals surface area (Å²) >= 11 is 0. The summed E-state index contributed by atoms with van der Waals surface area (Å²) in [7, 11) is 0. The van der Waals surface area contributed by atoms with Crippen LogP contribution in [0.25, 0.3) is 110 Å². The summed E-state index contributed by atoms with van der Waals surface area (Å²) < 4.78 is 9.97. The van der Waals surface area contributed by atoms with Crippen molar-refractivity contribution in [2.75, 3.05) is 0 Å². The molecule has 13 rings (SSSR count). The molecular weight excluding hydrogens is 1080 g/mol. The Morgan fingerprint density at radius 2 is 0.438 bits per heavy atom. The fourth-order valence-electron chi connectivity index (χ4n) is 14.0. The van der Waals surface area contributed by atoms with Crippen LogP contribution >= 0.6 is 0 Å². The minimum Gasteiger partial charge on any atom is -0.307 e. The molecule has 0 amide bonds. The monoisotopic (exact) mass is 1170 g/mol. The van der Waals surface area contributed by atoms with E-state index in [1.54, 1.807) is 0 Å². The maximum Gasteiger partial charge on any atom is 0.104 e. The van der Waals surface area contributed by atoms with Gasteiger partial charge in [-0.15, -0.1) is 0 Å². The Kier molecular flexibility index (Phi) is 13.1. The van der Waals surface area contributed by atoms with Crippen molar-refractivity contribution in [3.05, 3.63) is 202 Å². The smallest absolute Gasteiger partial charge is 0.104 e. The molecule has 0 saturated heterocycles. The summed E-state index contributed by atoms with van der Waals surface area (Å²) in [5.74, 6) is 0. The summed E-state index contributed by atoms with van der Waals surface area (Å²) in [6.45, 7) is 50.7. The average Bonchev–Trinajstić information content (AvgIpc) is 1.68. The van der Waals surface area contributed by atoms with Gasteiger partial charge in [-0.25, -0.2) is 0 Å². The van der Waals surface area contributed by atoms with Gasteiger partial charge in [-0.2, -0.15) is 5.26 Å². The highest BCUT2D eigenvalue weighted by Crippen LogP contribution is 2.50. The number of fused-ring (bicyclic) bond motifs is 12. The fourth-order valence-corrected chi connectivity index (χ4v) is 14.0. The Morgan fingerprint density at radius 3 is 0.640 bits per heavy atom. The van der Waals surface area contributed by atoms with Crippen LogP contribution in [0.1, 0.15) is 195 Å². The predicted octanol–water partition coefficient (Wildman–Crippen LogP) is 23.3. The van der Waals surface area contributed by atoms with Crippen LogP contribution in [-0.2, 0) is 37.9 Å². The molecule has 0 fully saturated rings. The molecule has 0 radical (unpaired) electrons. The summed E-state index contributed by atoms with van der Waals surface area (Å²) in [5, 5.41) is 22.6. The SMILES string of the molecule is Cc1ccc2c(c1)c1cc(C(C)(C)C)ccc1n2-c1cc(-n2c3ccc(C(C)(C)C)cc3c3cc(C(C)(C)C)ccc32)c(-n2c3ccc(C(C)(C)C)cc3c3cc(C(C)(C)C)ccc32)c(C#N)c1-n1c2ccc(C(C)(C)C)cc2c2cc(C(C)(C)C)ccc21. The summed E-state index contributed by atoms with van der Waals surface area (Å²) in [6.07, 6.45) is 0. The second kappa shape index (κ2) is 19.6. The third-order valence-corrected chi connectivity index (χ3v) is 19.6. The fraction of sp³-hybridized carbons (Fsp3) is 0.345. The average molecular weight is 1170 g/mol. The van der Waals surface area contributed by atoms with Crippen LogP contribution in [0, 0.1) is 18.3 Å². The highest BCUT2D eigenvalue weighted by molar-refractivity contribution is 6.16. The van der Waals surface area contributed by atoms with E-state index in [2.05, 4.69) is 328 Å². The number of nitrogens with zero attached hydrogens (tertiary/aromatic N) is 5. The zero-order valence-corrected chi connectivity index (χ0v) is 57.2. The molecule has 0 unspecified atom stereocenters. The first-order valence-electron chi connectivity index (χ1n) is 32.4. The molecule has 452 valence electrons. The molecule has 0 aliphatic carbocycles. The van der Waals surface area contributed by atoms with Gasteiger partial charge in [0.05, 0.1) is 66.9 Å². The number of rotatable bonds is 4. The number of nitriles is 1. The van der Waals surface area contributed by atoms with Crippen molar-refractivity contribution in [2.24, 2.45) is 0 Å². The first-order chi connectivity index (χ1) is 41.4. The summed E-state index contributed by atoms with van der Waals surface area (Å²) in [6, 6.07) is 62.4. The molecule has 0 N–H and O–H groups in total. The molecule has 0 atom stereocenters. The van der Waals surface area contributed by atoms with Crippen LogP contribution in [-0.4, -0.2) is 18.3 Å². The third-order valence-electron chi connectivity index (χ3n) is 19.6. The van der Waals surface area contributed by atoms with E-state index in [1.807, 2.05) is 0 Å². The van der Waals surface area contributed by atoms with Gasteiger partial charge in [0.15, 0.2) is 0 Å². The van der Waals surface area contributed by atoms with Gasteiger partial charge in [0.2, 0.25) is 0 Å². The largest absolute Gasteiger partial charge is 0.307 e. The lowest BCUT2D eigenvalue weighted by Gasteiger charge is -2.26. The lowest BCUT2D eigenvalue weighted by Crippen LogP contribution is -2.15. The van der Waals surface area contributed by atoms with Crippen molar-refractivity contribution in [1.29, 1.82) is 5.26 Å². The Morgan fingerprint density at radius 1 is 0.247 bits per heavy atom. The van der Waals surface area contributed by atoms with Crippen molar-refractivity contribution in [2.45, 2.75) is 190 Å². The van der Waals surface area contributed by atoms with Crippen molar-refractivity contribution in [3.8, 4) is 28.8 Å². The molecule has 5 heteroatoms. The van der Waals surface area contributed by atoms with E-state index < -0.39 is 0 Å². The van der Waals surface area contributed by atoms with E-state index in [0.29, 0.717) is 5.56 Å². The number of aromatic nitrogens is 4. The van der Waals surface area contributed by atoms with E-state index in [0.717, 1.165) is 66.9 Å².